The molecule has 0 bridgehead atoms. The molecule has 0 rings (SSSR count). The van der Waals surface area contributed by atoms with E-state index in [9.17, 15) is 19.5 Å². The van der Waals surface area contributed by atoms with Crippen molar-refractivity contribution < 1.29 is 24.2 Å². The van der Waals surface area contributed by atoms with E-state index in [-0.39, 0.29) is 18.0 Å². The Morgan fingerprint density at radius 1 is 0.510 bits per heavy atom. The number of hydrogen-bond acceptors (Lipinski definition) is 5. The van der Waals surface area contributed by atoms with Gasteiger partial charge in [-0.05, 0) is 57.9 Å². The molecule has 0 aromatic rings. The van der Waals surface area contributed by atoms with E-state index in [0.29, 0.717) is 32.2 Å². The van der Waals surface area contributed by atoms with E-state index >= 15 is 0 Å². The first-order valence-corrected chi connectivity index (χ1v) is 21.4. The maximum Gasteiger partial charge on any atom is 0.326 e. The fourth-order valence-corrected chi connectivity index (χ4v) is 6.69. The third-order valence-electron chi connectivity index (χ3n) is 9.92. The fraction of sp³-hybridized carbons (Fsp3) is 0.929. The van der Waals surface area contributed by atoms with Crippen molar-refractivity contribution in [2.45, 2.75) is 244 Å². The van der Waals surface area contributed by atoms with Crippen molar-refractivity contribution in [1.29, 1.82) is 0 Å². The van der Waals surface area contributed by atoms with E-state index in [1.54, 1.807) is 0 Å². The van der Waals surface area contributed by atoms with Crippen molar-refractivity contribution in [1.82, 2.24) is 5.32 Å². The molecule has 0 aliphatic carbocycles. The summed E-state index contributed by atoms with van der Waals surface area (Å²) in [5, 5.41) is 11.9. The first-order valence-electron chi connectivity index (χ1n) is 21.4. The molecule has 0 saturated carbocycles. The Bertz CT molecular complexity index is 747. The Hall–Kier alpha value is -1.63. The third kappa shape index (κ3) is 34.6. The van der Waals surface area contributed by atoms with E-state index in [0.717, 1.165) is 64.2 Å². The highest BCUT2D eigenvalue weighted by Gasteiger charge is 2.19. The van der Waals surface area contributed by atoms with E-state index in [4.69, 9.17) is 10.5 Å². The number of rotatable bonds is 39. The number of amides is 1. The van der Waals surface area contributed by atoms with Crippen LogP contribution in [0.4, 0.5) is 0 Å². The minimum Gasteiger partial charge on any atom is -0.480 e. The number of aliphatic carboxylic acids is 1. The number of carbonyl (C=O) groups excluding carboxylic acids is 2. The van der Waals surface area contributed by atoms with Gasteiger partial charge >= 0.3 is 11.9 Å². The molecule has 49 heavy (non-hydrogen) atoms. The molecule has 2 atom stereocenters. The second-order valence-corrected chi connectivity index (χ2v) is 14.8. The third-order valence-corrected chi connectivity index (χ3v) is 9.92. The van der Waals surface area contributed by atoms with Crippen LogP contribution in [0.1, 0.15) is 232 Å². The number of esters is 1. The number of hydrogen-bond donors (Lipinski definition) is 3. The second kappa shape index (κ2) is 37.6. The molecule has 7 nitrogen and oxygen atoms in total. The molecule has 0 aromatic carbocycles. The van der Waals surface area contributed by atoms with Crippen LogP contribution in [0.25, 0.3) is 0 Å². The van der Waals surface area contributed by atoms with Gasteiger partial charge in [0, 0.05) is 12.8 Å². The summed E-state index contributed by atoms with van der Waals surface area (Å²) in [6, 6.07) is -0.851. The van der Waals surface area contributed by atoms with Gasteiger partial charge in [-0.3, -0.25) is 9.59 Å². The molecule has 0 radical (unpaired) electrons. The van der Waals surface area contributed by atoms with Crippen LogP contribution in [-0.4, -0.2) is 41.6 Å². The molecule has 0 aliphatic rings. The highest BCUT2D eigenvalue weighted by atomic mass is 16.5. The fourth-order valence-electron chi connectivity index (χ4n) is 6.69. The van der Waals surface area contributed by atoms with Crippen LogP contribution in [0.5, 0.6) is 0 Å². The minimum atomic E-state index is -1.00. The first-order chi connectivity index (χ1) is 23.9. The molecule has 0 heterocycles. The molecule has 0 fully saturated rings. The monoisotopic (exact) mass is 695 g/mol. The van der Waals surface area contributed by atoms with Gasteiger partial charge in [-0.2, -0.15) is 0 Å². The summed E-state index contributed by atoms with van der Waals surface area (Å²) in [7, 11) is 0. The summed E-state index contributed by atoms with van der Waals surface area (Å²) in [6.45, 7) is 4.94. The summed E-state index contributed by atoms with van der Waals surface area (Å²) < 4.78 is 6.02. The standard InChI is InChI=1S/C42H82N2O5/c1-3-5-7-9-11-13-14-15-16-17-18-19-20-23-27-32-38(49-41(46)36-30-26-21-12-10-8-6-4-2)33-28-24-22-25-29-35-40(45)44-39(42(47)48)34-31-37-43/h38-39H,3-37,43H2,1-2H3,(H,44,45)(H,47,48). The van der Waals surface area contributed by atoms with Gasteiger partial charge in [-0.25, -0.2) is 4.79 Å². The molecule has 2 unspecified atom stereocenters. The van der Waals surface area contributed by atoms with Gasteiger partial charge in [0.25, 0.3) is 0 Å². The maximum absolute atomic E-state index is 12.7. The number of carbonyl (C=O) groups is 3. The summed E-state index contributed by atoms with van der Waals surface area (Å²) >= 11 is 0. The zero-order valence-corrected chi connectivity index (χ0v) is 32.6. The molecule has 290 valence electrons. The Morgan fingerprint density at radius 2 is 0.878 bits per heavy atom. The summed E-state index contributed by atoms with van der Waals surface area (Å²) in [5.74, 6) is -1.22. The van der Waals surface area contributed by atoms with Crippen molar-refractivity contribution in [3.8, 4) is 0 Å². The lowest BCUT2D eigenvalue weighted by molar-refractivity contribution is -0.150. The molecule has 7 heteroatoms. The smallest absolute Gasteiger partial charge is 0.326 e. The van der Waals surface area contributed by atoms with Gasteiger partial charge in [-0.15, -0.1) is 0 Å². The largest absolute Gasteiger partial charge is 0.480 e. The normalized spacial score (nSPS) is 12.6. The second-order valence-electron chi connectivity index (χ2n) is 14.8. The van der Waals surface area contributed by atoms with Gasteiger partial charge in [0.1, 0.15) is 12.1 Å². The van der Waals surface area contributed by atoms with Crippen LogP contribution >= 0.6 is 0 Å². The molecular weight excluding hydrogens is 612 g/mol. The Balaban J connectivity index is 4.24. The lowest BCUT2D eigenvalue weighted by Gasteiger charge is -2.18. The molecular formula is C42H82N2O5. The topological polar surface area (TPSA) is 119 Å². The highest BCUT2D eigenvalue weighted by Crippen LogP contribution is 2.19. The summed E-state index contributed by atoms with van der Waals surface area (Å²) in [4.78, 5) is 36.2. The predicted molar refractivity (Wildman–Crippen MR) is 207 cm³/mol. The number of carboxylic acid groups (broad SMARTS) is 1. The lowest BCUT2D eigenvalue weighted by Crippen LogP contribution is -2.40. The van der Waals surface area contributed by atoms with E-state index in [2.05, 4.69) is 19.2 Å². The van der Waals surface area contributed by atoms with Crippen LogP contribution in [-0.2, 0) is 19.1 Å². The quantitative estimate of drug-likeness (QED) is 0.0435. The molecule has 0 aromatic heterocycles. The average Bonchev–Trinajstić information content (AvgIpc) is 3.08. The maximum atomic E-state index is 12.7. The van der Waals surface area contributed by atoms with E-state index in [1.165, 1.54) is 128 Å². The minimum absolute atomic E-state index is 0.0194. The van der Waals surface area contributed by atoms with Crippen LogP contribution in [0.15, 0.2) is 0 Å². The Labute approximate surface area is 303 Å². The van der Waals surface area contributed by atoms with Crippen LogP contribution in [0.3, 0.4) is 0 Å². The zero-order valence-electron chi connectivity index (χ0n) is 32.6. The Morgan fingerprint density at radius 3 is 1.27 bits per heavy atom. The Kier molecular flexibility index (Phi) is 36.4. The van der Waals surface area contributed by atoms with Gasteiger partial charge in [0.15, 0.2) is 0 Å². The number of carboxylic acids is 1. The molecule has 0 spiro atoms. The average molecular weight is 695 g/mol. The molecule has 1 amide bonds. The SMILES string of the molecule is CCCCCCCCCCCCCCCCCC(CCCCCCCC(=O)NC(CCCN)C(=O)O)OC(=O)CCCCCCCCCC. The van der Waals surface area contributed by atoms with Crippen molar-refractivity contribution >= 4 is 17.8 Å². The highest BCUT2D eigenvalue weighted by molar-refractivity contribution is 5.83. The number of nitrogens with two attached hydrogens (primary N) is 1. The van der Waals surface area contributed by atoms with Gasteiger partial charge in [0.2, 0.25) is 5.91 Å². The van der Waals surface area contributed by atoms with Crippen molar-refractivity contribution in [2.75, 3.05) is 6.54 Å². The van der Waals surface area contributed by atoms with Crippen LogP contribution in [0.2, 0.25) is 0 Å². The zero-order chi connectivity index (χ0) is 36.0. The van der Waals surface area contributed by atoms with E-state index < -0.39 is 12.0 Å². The van der Waals surface area contributed by atoms with Gasteiger partial charge < -0.3 is 20.9 Å². The number of unbranched alkanes of at least 4 members (excludes halogenated alkanes) is 25. The number of nitrogens with one attached hydrogen (secondary N) is 1. The first kappa shape index (κ1) is 47.4. The van der Waals surface area contributed by atoms with Gasteiger partial charge in [-0.1, -0.05) is 168 Å². The van der Waals surface area contributed by atoms with Crippen LogP contribution < -0.4 is 11.1 Å². The van der Waals surface area contributed by atoms with E-state index in [1.807, 2.05) is 0 Å². The number of ether oxygens (including phenoxy) is 1. The lowest BCUT2D eigenvalue weighted by atomic mass is 10.0. The molecule has 0 aliphatic heterocycles. The molecule has 4 N–H and O–H groups in total. The summed E-state index contributed by atoms with van der Waals surface area (Å²) in [5.41, 5.74) is 5.48. The molecule has 0 saturated heterocycles. The predicted octanol–water partition coefficient (Wildman–Crippen LogP) is 11.7. The van der Waals surface area contributed by atoms with Crippen molar-refractivity contribution in [3.63, 3.8) is 0 Å². The van der Waals surface area contributed by atoms with Crippen molar-refractivity contribution in [3.05, 3.63) is 0 Å². The van der Waals surface area contributed by atoms with Gasteiger partial charge in [0.05, 0.1) is 0 Å². The summed E-state index contributed by atoms with van der Waals surface area (Å²) in [6.07, 6.45) is 38.6. The van der Waals surface area contributed by atoms with Crippen molar-refractivity contribution in [2.24, 2.45) is 5.73 Å². The van der Waals surface area contributed by atoms with Crippen LogP contribution in [0, 0.1) is 0 Å².